The van der Waals surface area contributed by atoms with Gasteiger partial charge in [-0.1, -0.05) is 103 Å². The van der Waals surface area contributed by atoms with Crippen molar-refractivity contribution in [1.29, 1.82) is 0 Å². The van der Waals surface area contributed by atoms with Gasteiger partial charge in [0.25, 0.3) is 0 Å². The van der Waals surface area contributed by atoms with E-state index in [-0.39, 0.29) is 6.04 Å². The summed E-state index contributed by atoms with van der Waals surface area (Å²) >= 11 is 0. The third-order valence-corrected chi connectivity index (χ3v) is 12.8. The molecule has 0 fully saturated rings. The molecule has 57 heavy (non-hydrogen) atoms. The van der Waals surface area contributed by atoms with Gasteiger partial charge in [-0.15, -0.1) is 0 Å². The van der Waals surface area contributed by atoms with E-state index in [9.17, 15) is 0 Å². The van der Waals surface area contributed by atoms with E-state index in [0.717, 1.165) is 32.1 Å². The zero-order valence-corrected chi connectivity index (χ0v) is 31.8. The third-order valence-electron chi connectivity index (χ3n) is 12.8. The highest BCUT2D eigenvalue weighted by molar-refractivity contribution is 6.11. The van der Waals surface area contributed by atoms with E-state index in [2.05, 4.69) is 196 Å². The molecule has 1 atom stereocenters. The largest absolute Gasteiger partial charge is 0.337 e. The van der Waals surface area contributed by atoms with Crippen molar-refractivity contribution in [3.8, 4) is 11.4 Å². The summed E-state index contributed by atoms with van der Waals surface area (Å²) in [5.74, 6) is 0. The fourth-order valence-electron chi connectivity index (χ4n) is 10.2. The lowest BCUT2D eigenvalue weighted by atomic mass is 9.86. The molecule has 0 radical (unpaired) electrons. The van der Waals surface area contributed by atoms with Crippen LogP contribution >= 0.6 is 0 Å². The lowest BCUT2D eigenvalue weighted by Gasteiger charge is -2.32. The number of allylic oxidation sites excluding steroid dienone is 7. The van der Waals surface area contributed by atoms with Crippen LogP contribution in [0.25, 0.3) is 66.9 Å². The van der Waals surface area contributed by atoms with Gasteiger partial charge >= 0.3 is 0 Å². The molecular formula is C54H41N3. The van der Waals surface area contributed by atoms with Crippen LogP contribution < -0.4 is 4.90 Å². The first kappa shape index (κ1) is 32.4. The molecule has 3 heteroatoms. The number of nitrogens with zero attached hydrogens (tertiary/aromatic N) is 3. The van der Waals surface area contributed by atoms with Crippen molar-refractivity contribution in [3.63, 3.8) is 0 Å². The number of benzene rings is 6. The van der Waals surface area contributed by atoms with Crippen LogP contribution in [0, 0.1) is 0 Å². The molecule has 0 amide bonds. The molecular weight excluding hydrogens is 691 g/mol. The maximum absolute atomic E-state index is 2.65. The first-order chi connectivity index (χ1) is 28.3. The van der Waals surface area contributed by atoms with Gasteiger partial charge in [0.05, 0.1) is 22.6 Å². The molecule has 6 aromatic carbocycles. The van der Waals surface area contributed by atoms with E-state index in [0.29, 0.717) is 0 Å². The summed E-state index contributed by atoms with van der Waals surface area (Å²) in [7, 11) is 0. The summed E-state index contributed by atoms with van der Waals surface area (Å²) in [6, 6.07) is 54.0. The SMILES string of the molecule is C1=CCCC(N2c3ccc(C4=Cc5c(n(-c6ccccc6)c6ccccc56)CC4)cc3C3=CC(c4ccc5c(c4)c4ccccc4n5-c4ccccc4)=CCC32)=C1. The highest BCUT2D eigenvalue weighted by atomic mass is 15.2. The molecule has 12 rings (SSSR count). The molecule has 3 nitrogen and oxygen atoms in total. The van der Waals surface area contributed by atoms with E-state index in [4.69, 9.17) is 0 Å². The summed E-state index contributed by atoms with van der Waals surface area (Å²) in [5, 5.41) is 3.91. The Morgan fingerprint density at radius 3 is 2.04 bits per heavy atom. The second kappa shape index (κ2) is 12.9. The third kappa shape index (κ3) is 5.05. The Morgan fingerprint density at radius 1 is 0.544 bits per heavy atom. The second-order valence-electron chi connectivity index (χ2n) is 15.9. The van der Waals surface area contributed by atoms with Gasteiger partial charge in [0.15, 0.2) is 0 Å². The second-order valence-corrected chi connectivity index (χ2v) is 15.9. The van der Waals surface area contributed by atoms with Crippen LogP contribution in [0.5, 0.6) is 0 Å². The molecule has 0 saturated heterocycles. The summed E-state index contributed by atoms with van der Waals surface area (Å²) in [6.45, 7) is 0. The fraction of sp³-hybridized carbons (Fsp3) is 0.111. The van der Waals surface area contributed by atoms with Gasteiger partial charge in [-0.2, -0.15) is 0 Å². The van der Waals surface area contributed by atoms with E-state index in [1.807, 2.05) is 0 Å². The van der Waals surface area contributed by atoms with Crippen LogP contribution in [-0.2, 0) is 6.42 Å². The zero-order chi connectivity index (χ0) is 37.5. The van der Waals surface area contributed by atoms with Gasteiger partial charge in [0.1, 0.15) is 0 Å². The van der Waals surface area contributed by atoms with Gasteiger partial charge in [-0.25, -0.2) is 0 Å². The summed E-state index contributed by atoms with van der Waals surface area (Å²) in [4.78, 5) is 2.65. The molecule has 4 aliphatic rings. The summed E-state index contributed by atoms with van der Waals surface area (Å²) in [6.07, 6.45) is 19.5. The fourth-order valence-corrected chi connectivity index (χ4v) is 10.2. The van der Waals surface area contributed by atoms with Crippen LogP contribution in [0.1, 0.15) is 53.6 Å². The summed E-state index contributed by atoms with van der Waals surface area (Å²) in [5.41, 5.74) is 19.9. The minimum atomic E-state index is 0.288. The number of aromatic nitrogens is 2. The first-order valence-electron chi connectivity index (χ1n) is 20.5. The predicted molar refractivity (Wildman–Crippen MR) is 240 cm³/mol. The van der Waals surface area contributed by atoms with Crippen molar-refractivity contribution in [3.05, 3.63) is 210 Å². The molecule has 1 unspecified atom stereocenters. The van der Waals surface area contributed by atoms with Gasteiger partial charge in [-0.3, -0.25) is 0 Å². The number of hydrogen-bond acceptors (Lipinski definition) is 1. The smallest absolute Gasteiger partial charge is 0.0630 e. The highest BCUT2D eigenvalue weighted by Gasteiger charge is 2.37. The molecule has 2 aromatic heterocycles. The van der Waals surface area contributed by atoms with Crippen LogP contribution in [0.4, 0.5) is 5.69 Å². The van der Waals surface area contributed by atoms with Crippen molar-refractivity contribution < 1.29 is 0 Å². The van der Waals surface area contributed by atoms with Crippen molar-refractivity contribution in [2.45, 2.75) is 38.1 Å². The molecule has 1 aliphatic heterocycles. The maximum atomic E-state index is 2.65. The topological polar surface area (TPSA) is 13.1 Å². The minimum Gasteiger partial charge on any atom is -0.337 e. The average Bonchev–Trinajstić information content (AvgIpc) is 3.92. The highest BCUT2D eigenvalue weighted by Crippen LogP contribution is 2.50. The zero-order valence-electron chi connectivity index (χ0n) is 31.8. The Morgan fingerprint density at radius 2 is 1.25 bits per heavy atom. The molecule has 0 N–H and O–H groups in total. The molecule has 8 aromatic rings. The van der Waals surface area contributed by atoms with Crippen molar-refractivity contribution in [1.82, 2.24) is 9.13 Å². The Bertz CT molecular complexity index is 3090. The molecule has 0 spiro atoms. The molecule has 0 bridgehead atoms. The van der Waals surface area contributed by atoms with E-state index < -0.39 is 0 Å². The molecule has 0 saturated carbocycles. The Balaban J connectivity index is 0.977. The number of hydrogen-bond donors (Lipinski definition) is 0. The quantitative estimate of drug-likeness (QED) is 0.172. The van der Waals surface area contributed by atoms with E-state index >= 15 is 0 Å². The summed E-state index contributed by atoms with van der Waals surface area (Å²) < 4.78 is 4.88. The monoisotopic (exact) mass is 731 g/mol. The average molecular weight is 732 g/mol. The van der Waals surface area contributed by atoms with E-state index in [1.54, 1.807) is 0 Å². The number of fused-ring (bicyclic) bond motifs is 9. The Hall–Kier alpha value is -6.84. The first-order valence-corrected chi connectivity index (χ1v) is 20.5. The van der Waals surface area contributed by atoms with Crippen molar-refractivity contribution in [2.24, 2.45) is 0 Å². The van der Waals surface area contributed by atoms with Crippen LogP contribution in [0.15, 0.2) is 182 Å². The Kier molecular flexibility index (Phi) is 7.31. The lowest BCUT2D eigenvalue weighted by molar-refractivity contribution is 0.755. The number of para-hydroxylation sites is 4. The van der Waals surface area contributed by atoms with Gasteiger partial charge < -0.3 is 14.0 Å². The number of anilines is 1. The van der Waals surface area contributed by atoms with Crippen LogP contribution in [0.3, 0.4) is 0 Å². The predicted octanol–water partition coefficient (Wildman–Crippen LogP) is 13.5. The molecule has 272 valence electrons. The van der Waals surface area contributed by atoms with Gasteiger partial charge in [-0.05, 0) is 139 Å². The standard InChI is InChI=1S/C54H41N3/c1-4-14-40(15-5-1)55-49-22-12-10-20-43(49)45-32-36(24-28-51(45)55)38-26-30-53-47(34-38)48-35-39(27-31-54(48)57(53)42-18-8-3-9-19-42)37-25-29-52-46(33-37)44-21-11-13-23-50(44)56(52)41-16-6-2-7-17-41/h1-8,10-18,20-24,26-28,31-35,53H,9,19,25,29-30H2. The van der Waals surface area contributed by atoms with Crippen LogP contribution in [0.2, 0.25) is 0 Å². The van der Waals surface area contributed by atoms with Crippen molar-refractivity contribution >= 4 is 61.2 Å². The van der Waals surface area contributed by atoms with Crippen molar-refractivity contribution in [2.75, 3.05) is 4.90 Å². The Labute approximate surface area is 333 Å². The molecule has 3 heterocycles. The maximum Gasteiger partial charge on any atom is 0.0630 e. The van der Waals surface area contributed by atoms with Gasteiger partial charge in [0, 0.05) is 55.7 Å². The van der Waals surface area contributed by atoms with Gasteiger partial charge in [0.2, 0.25) is 0 Å². The molecule has 3 aliphatic carbocycles. The number of rotatable bonds is 5. The lowest BCUT2D eigenvalue weighted by Crippen LogP contribution is -2.31. The van der Waals surface area contributed by atoms with E-state index in [1.165, 1.54) is 100 Å². The van der Waals surface area contributed by atoms with Crippen LogP contribution in [-0.4, -0.2) is 15.2 Å². The minimum absolute atomic E-state index is 0.288. The normalized spacial score (nSPS) is 17.3.